The lowest BCUT2D eigenvalue weighted by Gasteiger charge is -2.15. The molecule has 1 aromatic heterocycles. The molecule has 0 radical (unpaired) electrons. The third kappa shape index (κ3) is 4.74. The minimum Gasteiger partial charge on any atom is -0.355 e. The van der Waals surface area contributed by atoms with E-state index in [0.29, 0.717) is 17.5 Å². The van der Waals surface area contributed by atoms with E-state index in [1.54, 1.807) is 0 Å². The van der Waals surface area contributed by atoms with E-state index >= 15 is 0 Å². The number of hydrogen-bond donors (Lipinski definition) is 2. The summed E-state index contributed by atoms with van der Waals surface area (Å²) in [7, 11) is 0. The van der Waals surface area contributed by atoms with E-state index in [4.69, 9.17) is 5.84 Å². The molecule has 0 aliphatic rings. The molecule has 1 amide bonds. The van der Waals surface area contributed by atoms with E-state index in [-0.39, 0.29) is 17.1 Å². The van der Waals surface area contributed by atoms with Crippen LogP contribution in [0.25, 0.3) is 11.4 Å². The number of thioether (sulfide) groups is 1. The van der Waals surface area contributed by atoms with Crippen molar-refractivity contribution >= 4 is 33.6 Å². The molecule has 146 valence electrons. The molecule has 2 aromatic carbocycles. The maximum absolute atomic E-state index is 12.5. The highest BCUT2D eigenvalue weighted by atomic mass is 79.9. The molecule has 0 aliphatic heterocycles. The van der Waals surface area contributed by atoms with Gasteiger partial charge in [-0.25, -0.2) is 4.68 Å². The fraction of sp³-hybridized carbons (Fsp3) is 0.250. The molecule has 0 fully saturated rings. The van der Waals surface area contributed by atoms with Crippen molar-refractivity contribution in [2.24, 2.45) is 0 Å². The van der Waals surface area contributed by atoms with Crippen LogP contribution < -0.4 is 11.2 Å². The van der Waals surface area contributed by atoms with Gasteiger partial charge in [-0.3, -0.25) is 4.79 Å². The molecule has 2 unspecified atom stereocenters. The van der Waals surface area contributed by atoms with Crippen molar-refractivity contribution in [2.75, 3.05) is 12.4 Å². The number of benzene rings is 2. The van der Waals surface area contributed by atoms with Gasteiger partial charge in [-0.1, -0.05) is 77.1 Å². The van der Waals surface area contributed by atoms with Crippen LogP contribution in [0, 0.1) is 0 Å². The van der Waals surface area contributed by atoms with Crippen molar-refractivity contribution in [3.05, 3.63) is 64.6 Å². The second-order valence-corrected chi connectivity index (χ2v) is 8.64. The molecule has 3 N–H and O–H groups in total. The highest BCUT2D eigenvalue weighted by Gasteiger charge is 2.21. The molecule has 0 bridgehead atoms. The Balaban J connectivity index is 1.61. The number of rotatable bonds is 7. The van der Waals surface area contributed by atoms with Crippen molar-refractivity contribution in [3.63, 3.8) is 0 Å². The third-order valence-electron chi connectivity index (χ3n) is 4.38. The van der Waals surface area contributed by atoms with Gasteiger partial charge in [0, 0.05) is 16.6 Å². The van der Waals surface area contributed by atoms with Crippen molar-refractivity contribution in [2.45, 2.75) is 30.2 Å². The van der Waals surface area contributed by atoms with Gasteiger partial charge in [-0.2, -0.15) is 0 Å². The first kappa shape index (κ1) is 20.4. The van der Waals surface area contributed by atoms with Crippen molar-refractivity contribution in [1.29, 1.82) is 0 Å². The smallest absolute Gasteiger partial charge is 0.233 e. The van der Waals surface area contributed by atoms with Crippen LogP contribution in [0.5, 0.6) is 0 Å². The van der Waals surface area contributed by atoms with Crippen molar-refractivity contribution < 1.29 is 4.79 Å². The number of nitrogens with one attached hydrogen (secondary N) is 1. The quantitative estimate of drug-likeness (QED) is 0.414. The monoisotopic (exact) mass is 459 g/mol. The topological polar surface area (TPSA) is 85.8 Å². The van der Waals surface area contributed by atoms with Gasteiger partial charge >= 0.3 is 0 Å². The number of carbonyl (C=O) groups is 1. The van der Waals surface area contributed by atoms with Crippen molar-refractivity contribution in [1.82, 2.24) is 20.2 Å². The average molecular weight is 460 g/mol. The lowest BCUT2D eigenvalue weighted by molar-refractivity contribution is -0.120. The molecular formula is C20H22BrN5OS. The zero-order chi connectivity index (χ0) is 20.1. The Labute approximate surface area is 177 Å². The van der Waals surface area contributed by atoms with Gasteiger partial charge in [0.25, 0.3) is 0 Å². The summed E-state index contributed by atoms with van der Waals surface area (Å²) in [6.45, 7) is 4.50. The van der Waals surface area contributed by atoms with E-state index in [9.17, 15) is 4.79 Å². The molecule has 1 heterocycles. The summed E-state index contributed by atoms with van der Waals surface area (Å²) >= 11 is 4.78. The molecule has 0 saturated heterocycles. The van der Waals surface area contributed by atoms with E-state index < -0.39 is 0 Å². The highest BCUT2D eigenvalue weighted by Crippen LogP contribution is 2.29. The van der Waals surface area contributed by atoms with E-state index in [2.05, 4.69) is 50.5 Å². The molecule has 8 heteroatoms. The number of nitrogen functional groups attached to an aromatic ring is 1. The maximum Gasteiger partial charge on any atom is 0.233 e. The first-order valence-corrected chi connectivity index (χ1v) is 10.6. The Kier molecular flexibility index (Phi) is 6.74. The van der Waals surface area contributed by atoms with Crippen LogP contribution in [0.4, 0.5) is 0 Å². The van der Waals surface area contributed by atoms with Gasteiger partial charge in [0.15, 0.2) is 5.82 Å². The Morgan fingerprint density at radius 3 is 2.54 bits per heavy atom. The zero-order valence-electron chi connectivity index (χ0n) is 15.7. The van der Waals surface area contributed by atoms with Crippen LogP contribution in [-0.2, 0) is 4.79 Å². The number of amides is 1. The van der Waals surface area contributed by atoms with Gasteiger partial charge in [-0.05, 0) is 30.5 Å². The normalized spacial score (nSPS) is 13.1. The fourth-order valence-corrected chi connectivity index (χ4v) is 3.95. The summed E-state index contributed by atoms with van der Waals surface area (Å²) in [6, 6.07) is 17.8. The summed E-state index contributed by atoms with van der Waals surface area (Å²) in [5.41, 5.74) is 2.04. The summed E-state index contributed by atoms with van der Waals surface area (Å²) in [5.74, 6) is 6.89. The molecule has 0 spiro atoms. The van der Waals surface area contributed by atoms with Crippen LogP contribution in [-0.4, -0.2) is 32.6 Å². The van der Waals surface area contributed by atoms with E-state index in [0.717, 1.165) is 10.0 Å². The number of nitrogens with zero attached hydrogens (tertiary/aromatic N) is 3. The minimum atomic E-state index is -0.346. The van der Waals surface area contributed by atoms with Gasteiger partial charge in [0.05, 0.1) is 5.25 Å². The second kappa shape index (κ2) is 9.25. The molecule has 0 saturated carbocycles. The van der Waals surface area contributed by atoms with Crippen molar-refractivity contribution in [3.8, 4) is 11.4 Å². The molecular weight excluding hydrogens is 438 g/mol. The standard InChI is InChI=1S/C20H22BrN5OS/c1-13(15-8-4-3-5-9-15)12-23-19(27)14(2)28-20-25-24-18(26(20)22)16-10-6-7-11-17(16)21/h3-11,13-14H,12,22H2,1-2H3,(H,23,27). The predicted molar refractivity (Wildman–Crippen MR) is 116 cm³/mol. The second-order valence-electron chi connectivity index (χ2n) is 6.47. The van der Waals surface area contributed by atoms with Crippen LogP contribution >= 0.6 is 27.7 Å². The van der Waals surface area contributed by atoms with Gasteiger partial charge in [0.2, 0.25) is 11.1 Å². The zero-order valence-corrected chi connectivity index (χ0v) is 18.1. The summed E-state index contributed by atoms with van der Waals surface area (Å²) in [5, 5.41) is 11.5. The summed E-state index contributed by atoms with van der Waals surface area (Å²) < 4.78 is 2.30. The SMILES string of the molecule is CC(Sc1nnc(-c2ccccc2Br)n1N)C(=O)NCC(C)c1ccccc1. The predicted octanol–water partition coefficient (Wildman–Crippen LogP) is 3.82. The number of carbonyl (C=O) groups excluding carboxylic acids is 1. The van der Waals surface area contributed by atoms with Gasteiger partial charge < -0.3 is 11.2 Å². The first-order chi connectivity index (χ1) is 13.5. The van der Waals surface area contributed by atoms with Crippen LogP contribution in [0.15, 0.2) is 64.2 Å². The first-order valence-electron chi connectivity index (χ1n) is 8.92. The summed E-state index contributed by atoms with van der Waals surface area (Å²) in [6.07, 6.45) is 0. The van der Waals surface area contributed by atoms with E-state index in [1.807, 2.05) is 49.4 Å². The Bertz CT molecular complexity index is 947. The lowest BCUT2D eigenvalue weighted by Crippen LogP contribution is -2.33. The number of halogens is 1. The Hall–Kier alpha value is -2.32. The number of aromatic nitrogens is 3. The lowest BCUT2D eigenvalue weighted by atomic mass is 10.0. The number of hydrogen-bond acceptors (Lipinski definition) is 5. The van der Waals surface area contributed by atoms with Gasteiger partial charge in [0.1, 0.15) is 0 Å². The Morgan fingerprint density at radius 1 is 1.14 bits per heavy atom. The number of nitrogens with two attached hydrogens (primary N) is 1. The molecule has 3 aromatic rings. The Morgan fingerprint density at radius 2 is 1.82 bits per heavy atom. The average Bonchev–Trinajstić information content (AvgIpc) is 3.07. The minimum absolute atomic E-state index is 0.0572. The highest BCUT2D eigenvalue weighted by molar-refractivity contribution is 9.10. The van der Waals surface area contributed by atoms with Crippen LogP contribution in [0.2, 0.25) is 0 Å². The van der Waals surface area contributed by atoms with Crippen LogP contribution in [0.3, 0.4) is 0 Å². The maximum atomic E-state index is 12.5. The van der Waals surface area contributed by atoms with Gasteiger partial charge in [-0.15, -0.1) is 10.2 Å². The van der Waals surface area contributed by atoms with Crippen LogP contribution in [0.1, 0.15) is 25.3 Å². The third-order valence-corrected chi connectivity index (χ3v) is 6.13. The van der Waals surface area contributed by atoms with E-state index in [1.165, 1.54) is 22.0 Å². The molecule has 6 nitrogen and oxygen atoms in total. The molecule has 3 rings (SSSR count). The molecule has 2 atom stereocenters. The molecule has 0 aliphatic carbocycles. The fourth-order valence-electron chi connectivity index (χ4n) is 2.69. The molecule has 28 heavy (non-hydrogen) atoms. The largest absolute Gasteiger partial charge is 0.355 e. The summed E-state index contributed by atoms with van der Waals surface area (Å²) in [4.78, 5) is 12.5.